The van der Waals surface area contributed by atoms with Crippen LogP contribution in [0.15, 0.2) is 82.6 Å². The van der Waals surface area contributed by atoms with Gasteiger partial charge in [-0.1, -0.05) is 48.2 Å². The first-order chi connectivity index (χ1) is 12.6. The van der Waals surface area contributed by atoms with Crippen molar-refractivity contribution in [2.75, 3.05) is 11.9 Å². The fraction of sp³-hybridized carbons (Fsp3) is 0.136. The molecule has 3 aromatic carbocycles. The van der Waals surface area contributed by atoms with Crippen molar-refractivity contribution in [3.05, 3.63) is 83.9 Å². The van der Waals surface area contributed by atoms with Gasteiger partial charge in [-0.15, -0.1) is 0 Å². The molecule has 0 unspecified atom stereocenters. The van der Waals surface area contributed by atoms with Gasteiger partial charge >= 0.3 is 0 Å². The molecule has 0 heterocycles. The van der Waals surface area contributed by atoms with Gasteiger partial charge in [0.1, 0.15) is 5.75 Å². The second-order valence-corrected chi connectivity index (χ2v) is 7.19. The minimum absolute atomic E-state index is 0.0206. The molecule has 1 amide bonds. The Morgan fingerprint density at radius 2 is 1.58 bits per heavy atom. The number of para-hydroxylation sites is 1. The Kier molecular flexibility index (Phi) is 5.97. The van der Waals surface area contributed by atoms with E-state index >= 15 is 0 Å². The first-order valence-electron chi connectivity index (χ1n) is 8.43. The molecule has 0 saturated heterocycles. The summed E-state index contributed by atoms with van der Waals surface area (Å²) in [6.45, 7) is 4.00. The monoisotopic (exact) mass is 363 g/mol. The lowest BCUT2D eigenvalue weighted by Crippen LogP contribution is -2.20. The third-order valence-electron chi connectivity index (χ3n) is 3.70. The highest BCUT2D eigenvalue weighted by Gasteiger charge is 2.09. The van der Waals surface area contributed by atoms with E-state index in [4.69, 9.17) is 4.74 Å². The number of aryl methyl sites for hydroxylation is 2. The van der Waals surface area contributed by atoms with E-state index in [1.807, 2.05) is 80.6 Å². The van der Waals surface area contributed by atoms with Crippen molar-refractivity contribution < 1.29 is 9.53 Å². The normalized spacial score (nSPS) is 10.4. The topological polar surface area (TPSA) is 38.3 Å². The van der Waals surface area contributed by atoms with Crippen molar-refractivity contribution in [1.29, 1.82) is 0 Å². The van der Waals surface area contributed by atoms with E-state index in [-0.39, 0.29) is 12.5 Å². The van der Waals surface area contributed by atoms with Gasteiger partial charge in [-0.25, -0.2) is 0 Å². The zero-order valence-electron chi connectivity index (χ0n) is 14.9. The van der Waals surface area contributed by atoms with Gasteiger partial charge in [0.2, 0.25) is 0 Å². The second-order valence-electron chi connectivity index (χ2n) is 6.07. The molecule has 3 rings (SSSR count). The molecule has 0 aliphatic heterocycles. The maximum absolute atomic E-state index is 12.3. The Balaban J connectivity index is 1.64. The maximum Gasteiger partial charge on any atom is 0.262 e. The average Bonchev–Trinajstić information content (AvgIpc) is 2.62. The number of carbonyl (C=O) groups excluding carboxylic acids is 1. The zero-order chi connectivity index (χ0) is 18.4. The number of hydrogen-bond acceptors (Lipinski definition) is 3. The van der Waals surface area contributed by atoms with Crippen molar-refractivity contribution >= 4 is 23.4 Å². The van der Waals surface area contributed by atoms with E-state index in [1.165, 1.54) is 0 Å². The summed E-state index contributed by atoms with van der Waals surface area (Å²) in [4.78, 5) is 14.4. The molecule has 0 aliphatic rings. The predicted octanol–water partition coefficient (Wildman–Crippen LogP) is 5.47. The summed E-state index contributed by atoms with van der Waals surface area (Å²) in [5.74, 6) is 0.537. The van der Waals surface area contributed by atoms with Crippen LogP contribution in [0.3, 0.4) is 0 Å². The molecular formula is C22H21NO2S. The molecule has 0 atom stereocenters. The highest BCUT2D eigenvalue weighted by atomic mass is 32.2. The van der Waals surface area contributed by atoms with E-state index in [1.54, 1.807) is 11.8 Å². The Hall–Kier alpha value is -2.72. The molecule has 0 fully saturated rings. The molecular weight excluding hydrogens is 342 g/mol. The van der Waals surface area contributed by atoms with Gasteiger partial charge in [0.05, 0.1) is 5.69 Å². The van der Waals surface area contributed by atoms with Gasteiger partial charge in [0.15, 0.2) is 6.61 Å². The quantitative estimate of drug-likeness (QED) is 0.631. The van der Waals surface area contributed by atoms with Crippen LogP contribution in [-0.4, -0.2) is 12.5 Å². The number of benzene rings is 3. The third-order valence-corrected chi connectivity index (χ3v) is 4.78. The molecule has 1 N–H and O–H groups in total. The molecule has 132 valence electrons. The van der Waals surface area contributed by atoms with Crippen LogP contribution in [0, 0.1) is 13.8 Å². The fourth-order valence-corrected chi connectivity index (χ4v) is 3.55. The smallest absolute Gasteiger partial charge is 0.262 e. The van der Waals surface area contributed by atoms with E-state index in [0.717, 1.165) is 26.6 Å². The molecule has 0 radical (unpaired) electrons. The lowest BCUT2D eigenvalue weighted by atomic mass is 10.1. The fourth-order valence-electron chi connectivity index (χ4n) is 2.63. The van der Waals surface area contributed by atoms with E-state index in [9.17, 15) is 4.79 Å². The number of carbonyl (C=O) groups is 1. The number of hydrogen-bond donors (Lipinski definition) is 1. The standard InChI is InChI=1S/C22H21NO2S/c1-16-12-17(2)14-18(13-16)25-15-22(24)23-20-10-6-7-11-21(20)26-19-8-4-3-5-9-19/h3-14H,15H2,1-2H3,(H,23,24). The summed E-state index contributed by atoms with van der Waals surface area (Å²) >= 11 is 1.62. The van der Waals surface area contributed by atoms with Crippen molar-refractivity contribution in [2.24, 2.45) is 0 Å². The van der Waals surface area contributed by atoms with E-state index < -0.39 is 0 Å². The van der Waals surface area contributed by atoms with Crippen LogP contribution in [0.2, 0.25) is 0 Å². The minimum Gasteiger partial charge on any atom is -0.484 e. The van der Waals surface area contributed by atoms with Crippen LogP contribution in [-0.2, 0) is 4.79 Å². The first kappa shape index (κ1) is 18.1. The van der Waals surface area contributed by atoms with Crippen LogP contribution in [0.25, 0.3) is 0 Å². The number of ether oxygens (including phenoxy) is 1. The lowest BCUT2D eigenvalue weighted by molar-refractivity contribution is -0.118. The molecule has 0 saturated carbocycles. The largest absolute Gasteiger partial charge is 0.484 e. The van der Waals surface area contributed by atoms with Crippen molar-refractivity contribution in [1.82, 2.24) is 0 Å². The third kappa shape index (κ3) is 5.14. The van der Waals surface area contributed by atoms with Crippen molar-refractivity contribution in [3.63, 3.8) is 0 Å². The lowest BCUT2D eigenvalue weighted by Gasteiger charge is -2.12. The molecule has 0 aromatic heterocycles. The van der Waals surface area contributed by atoms with Crippen LogP contribution < -0.4 is 10.1 Å². The zero-order valence-corrected chi connectivity index (χ0v) is 15.7. The average molecular weight is 363 g/mol. The summed E-state index contributed by atoms with van der Waals surface area (Å²) in [7, 11) is 0. The van der Waals surface area contributed by atoms with Crippen LogP contribution in [0.1, 0.15) is 11.1 Å². The summed E-state index contributed by atoms with van der Waals surface area (Å²) in [5.41, 5.74) is 3.02. The molecule has 4 heteroatoms. The summed E-state index contributed by atoms with van der Waals surface area (Å²) in [6.07, 6.45) is 0. The predicted molar refractivity (Wildman–Crippen MR) is 107 cm³/mol. The van der Waals surface area contributed by atoms with Crippen molar-refractivity contribution in [3.8, 4) is 5.75 Å². The summed E-state index contributed by atoms with van der Waals surface area (Å²) in [5, 5.41) is 2.95. The van der Waals surface area contributed by atoms with Gasteiger partial charge < -0.3 is 10.1 Å². The Morgan fingerprint density at radius 1 is 0.923 bits per heavy atom. The molecule has 3 nitrogen and oxygen atoms in total. The molecule has 26 heavy (non-hydrogen) atoms. The summed E-state index contributed by atoms with van der Waals surface area (Å²) < 4.78 is 5.64. The number of anilines is 1. The number of nitrogens with one attached hydrogen (secondary N) is 1. The van der Waals surface area contributed by atoms with Gasteiger partial charge in [0, 0.05) is 9.79 Å². The second kappa shape index (κ2) is 8.59. The summed E-state index contributed by atoms with van der Waals surface area (Å²) in [6, 6.07) is 23.8. The number of rotatable bonds is 6. The number of amides is 1. The van der Waals surface area contributed by atoms with Gasteiger partial charge in [-0.3, -0.25) is 4.79 Å². The Labute approximate surface area is 158 Å². The molecule has 3 aromatic rings. The van der Waals surface area contributed by atoms with Gasteiger partial charge in [-0.05, 0) is 61.4 Å². The van der Waals surface area contributed by atoms with E-state index in [0.29, 0.717) is 5.75 Å². The van der Waals surface area contributed by atoms with Crippen molar-refractivity contribution in [2.45, 2.75) is 23.6 Å². The van der Waals surface area contributed by atoms with E-state index in [2.05, 4.69) is 11.4 Å². The van der Waals surface area contributed by atoms with Crippen LogP contribution >= 0.6 is 11.8 Å². The van der Waals surface area contributed by atoms with Crippen LogP contribution in [0.4, 0.5) is 5.69 Å². The highest BCUT2D eigenvalue weighted by molar-refractivity contribution is 7.99. The molecule has 0 spiro atoms. The molecule has 0 aliphatic carbocycles. The van der Waals surface area contributed by atoms with Gasteiger partial charge in [-0.2, -0.15) is 0 Å². The highest BCUT2D eigenvalue weighted by Crippen LogP contribution is 2.33. The minimum atomic E-state index is -0.176. The van der Waals surface area contributed by atoms with Crippen LogP contribution in [0.5, 0.6) is 5.75 Å². The first-order valence-corrected chi connectivity index (χ1v) is 9.25. The SMILES string of the molecule is Cc1cc(C)cc(OCC(=O)Nc2ccccc2Sc2ccccc2)c1. The van der Waals surface area contributed by atoms with Gasteiger partial charge in [0.25, 0.3) is 5.91 Å². The Morgan fingerprint density at radius 3 is 2.31 bits per heavy atom. The Bertz CT molecular complexity index is 873. The maximum atomic E-state index is 12.3. The molecule has 0 bridgehead atoms.